The van der Waals surface area contributed by atoms with Gasteiger partial charge in [-0.3, -0.25) is 9.69 Å². The summed E-state index contributed by atoms with van der Waals surface area (Å²) in [5.74, 6) is 0.124. The molecule has 0 saturated carbocycles. The zero-order chi connectivity index (χ0) is 19.9. The van der Waals surface area contributed by atoms with Crippen LogP contribution in [0.3, 0.4) is 0 Å². The Bertz CT molecular complexity index is 762. The molecule has 1 fully saturated rings. The lowest BCUT2D eigenvalue weighted by molar-refractivity contribution is 0.0145. The first kappa shape index (κ1) is 20.6. The molecule has 28 heavy (non-hydrogen) atoms. The summed E-state index contributed by atoms with van der Waals surface area (Å²) in [6.45, 7) is 10.7. The van der Waals surface area contributed by atoms with Gasteiger partial charge in [0.1, 0.15) is 0 Å². The smallest absolute Gasteiger partial charge is 0.254 e. The van der Waals surface area contributed by atoms with Crippen LogP contribution in [0.25, 0.3) is 11.1 Å². The second-order valence-electron chi connectivity index (χ2n) is 7.57. The van der Waals surface area contributed by atoms with Crippen molar-refractivity contribution in [3.05, 3.63) is 60.2 Å². The molecule has 2 atom stereocenters. The Kier molecular flexibility index (Phi) is 7.24. The van der Waals surface area contributed by atoms with E-state index in [9.17, 15) is 4.79 Å². The molecule has 3 rings (SSSR count). The monoisotopic (exact) mass is 380 g/mol. The minimum absolute atomic E-state index is 0.124. The lowest BCUT2D eigenvalue weighted by Crippen LogP contribution is -2.59. The Labute approximate surface area is 169 Å². The lowest BCUT2D eigenvalue weighted by Gasteiger charge is -2.45. The van der Waals surface area contributed by atoms with Gasteiger partial charge in [0.2, 0.25) is 0 Å². The molecular weight excluding hydrogens is 348 g/mol. The van der Waals surface area contributed by atoms with Gasteiger partial charge in [-0.05, 0) is 43.5 Å². The molecule has 0 bridgehead atoms. The van der Waals surface area contributed by atoms with Gasteiger partial charge in [0.25, 0.3) is 5.91 Å². The molecule has 0 aromatic heterocycles. The molecule has 1 saturated heterocycles. The maximum absolute atomic E-state index is 13.2. The maximum Gasteiger partial charge on any atom is 0.254 e. The highest BCUT2D eigenvalue weighted by Gasteiger charge is 2.33. The van der Waals surface area contributed by atoms with Crippen LogP contribution in [0, 0.1) is 0 Å². The largest absolute Gasteiger partial charge is 0.380 e. The summed E-state index contributed by atoms with van der Waals surface area (Å²) < 4.78 is 5.65. The van der Waals surface area contributed by atoms with Crippen molar-refractivity contribution >= 4 is 5.91 Å². The number of hydrogen-bond acceptors (Lipinski definition) is 3. The van der Waals surface area contributed by atoms with E-state index >= 15 is 0 Å². The van der Waals surface area contributed by atoms with E-state index in [1.165, 1.54) is 0 Å². The van der Waals surface area contributed by atoms with E-state index in [4.69, 9.17) is 4.74 Å². The fourth-order valence-electron chi connectivity index (χ4n) is 3.87. The van der Waals surface area contributed by atoms with E-state index in [1.807, 2.05) is 41.3 Å². The highest BCUT2D eigenvalue weighted by Crippen LogP contribution is 2.23. The van der Waals surface area contributed by atoms with Crippen molar-refractivity contribution in [3.8, 4) is 11.1 Å². The summed E-state index contributed by atoms with van der Waals surface area (Å²) in [4.78, 5) is 17.7. The number of amides is 1. The third-order valence-electron chi connectivity index (χ3n) is 5.74. The summed E-state index contributed by atoms with van der Waals surface area (Å²) in [6.07, 6.45) is 1.05. The predicted octanol–water partition coefficient (Wildman–Crippen LogP) is 4.32. The predicted molar refractivity (Wildman–Crippen MR) is 115 cm³/mol. The molecule has 150 valence electrons. The van der Waals surface area contributed by atoms with Crippen molar-refractivity contribution in [2.24, 2.45) is 0 Å². The fraction of sp³-hybridized carbons (Fsp3) is 0.458. The first-order valence-electron chi connectivity index (χ1n) is 10.4. The van der Waals surface area contributed by atoms with Crippen LogP contribution in [0.1, 0.15) is 37.6 Å². The van der Waals surface area contributed by atoms with Gasteiger partial charge in [-0.25, -0.2) is 0 Å². The average Bonchev–Trinajstić information content (AvgIpc) is 2.74. The second kappa shape index (κ2) is 9.85. The third kappa shape index (κ3) is 4.81. The van der Waals surface area contributed by atoms with Gasteiger partial charge in [0.05, 0.1) is 6.61 Å². The normalized spacial score (nSPS) is 20.3. The van der Waals surface area contributed by atoms with Crippen LogP contribution in [-0.2, 0) is 4.74 Å². The van der Waals surface area contributed by atoms with Crippen LogP contribution in [0.4, 0.5) is 0 Å². The molecule has 1 aliphatic rings. The zero-order valence-electron chi connectivity index (χ0n) is 17.3. The molecule has 4 nitrogen and oxygen atoms in total. The number of benzene rings is 2. The van der Waals surface area contributed by atoms with Crippen molar-refractivity contribution in [3.63, 3.8) is 0 Å². The maximum atomic E-state index is 13.2. The van der Waals surface area contributed by atoms with Gasteiger partial charge in [-0.1, -0.05) is 49.4 Å². The van der Waals surface area contributed by atoms with Crippen molar-refractivity contribution in [1.29, 1.82) is 0 Å². The Morgan fingerprint density at radius 3 is 2.46 bits per heavy atom. The summed E-state index contributed by atoms with van der Waals surface area (Å²) in [5, 5.41) is 0. The number of carbonyl (C=O) groups is 1. The molecular formula is C24H32N2O2. The first-order valence-corrected chi connectivity index (χ1v) is 10.4. The van der Waals surface area contributed by atoms with Crippen molar-refractivity contribution in [2.45, 2.75) is 39.3 Å². The Morgan fingerprint density at radius 2 is 1.71 bits per heavy atom. The van der Waals surface area contributed by atoms with Crippen molar-refractivity contribution in [1.82, 2.24) is 9.80 Å². The number of carbonyl (C=O) groups excluding carboxylic acids is 1. The van der Waals surface area contributed by atoms with Crippen LogP contribution >= 0.6 is 0 Å². The summed E-state index contributed by atoms with van der Waals surface area (Å²) in [5.41, 5.74) is 2.98. The van der Waals surface area contributed by atoms with E-state index in [2.05, 4.69) is 43.9 Å². The van der Waals surface area contributed by atoms with Crippen molar-refractivity contribution < 1.29 is 9.53 Å². The molecule has 2 aromatic carbocycles. The number of nitrogens with zero attached hydrogens (tertiary/aromatic N) is 2. The van der Waals surface area contributed by atoms with Gasteiger partial charge in [0, 0.05) is 43.9 Å². The Morgan fingerprint density at radius 1 is 0.964 bits per heavy atom. The van der Waals surface area contributed by atoms with E-state index < -0.39 is 0 Å². The topological polar surface area (TPSA) is 32.8 Å². The number of ether oxygens (including phenoxy) is 1. The second-order valence-corrected chi connectivity index (χ2v) is 7.57. The average molecular weight is 381 g/mol. The zero-order valence-corrected chi connectivity index (χ0v) is 17.3. The van der Waals surface area contributed by atoms with Crippen LogP contribution in [0.2, 0.25) is 0 Å². The van der Waals surface area contributed by atoms with Gasteiger partial charge in [-0.15, -0.1) is 0 Å². The van der Waals surface area contributed by atoms with E-state index in [-0.39, 0.29) is 11.9 Å². The van der Waals surface area contributed by atoms with Crippen LogP contribution in [0.15, 0.2) is 54.6 Å². The fourth-order valence-corrected chi connectivity index (χ4v) is 3.87. The highest BCUT2D eigenvalue weighted by atomic mass is 16.5. The molecule has 1 amide bonds. The molecule has 0 N–H and O–H groups in total. The highest BCUT2D eigenvalue weighted by molar-refractivity contribution is 5.95. The Balaban J connectivity index is 1.67. The summed E-state index contributed by atoms with van der Waals surface area (Å²) in [7, 11) is 0. The third-order valence-corrected chi connectivity index (χ3v) is 5.74. The molecule has 2 aromatic rings. The minimum atomic E-state index is 0.124. The van der Waals surface area contributed by atoms with E-state index in [0.717, 1.165) is 56.0 Å². The summed E-state index contributed by atoms with van der Waals surface area (Å²) in [6, 6.07) is 18.7. The van der Waals surface area contributed by atoms with Gasteiger partial charge < -0.3 is 9.64 Å². The molecule has 1 aliphatic heterocycles. The number of piperazine rings is 1. The SMILES string of the molecule is CCCOCCN1CCN(C(=O)c2cccc(-c3ccccc3)c2)[C@H](C)[C@@H]1C. The van der Waals surface area contributed by atoms with Crippen LogP contribution in [-0.4, -0.2) is 60.6 Å². The molecule has 0 radical (unpaired) electrons. The molecule has 4 heteroatoms. The molecule has 1 heterocycles. The van der Waals surface area contributed by atoms with E-state index in [0.29, 0.717) is 6.04 Å². The van der Waals surface area contributed by atoms with Gasteiger partial charge >= 0.3 is 0 Å². The quantitative estimate of drug-likeness (QED) is 0.671. The van der Waals surface area contributed by atoms with Gasteiger partial charge in [0.15, 0.2) is 0 Å². The molecule has 0 spiro atoms. The Hall–Kier alpha value is -2.17. The lowest BCUT2D eigenvalue weighted by atomic mass is 10.00. The summed E-state index contributed by atoms with van der Waals surface area (Å²) >= 11 is 0. The van der Waals surface area contributed by atoms with E-state index in [1.54, 1.807) is 0 Å². The van der Waals surface area contributed by atoms with Crippen LogP contribution < -0.4 is 0 Å². The van der Waals surface area contributed by atoms with Crippen LogP contribution in [0.5, 0.6) is 0 Å². The minimum Gasteiger partial charge on any atom is -0.380 e. The first-order chi connectivity index (χ1) is 13.6. The molecule has 0 aliphatic carbocycles. The van der Waals surface area contributed by atoms with Gasteiger partial charge in [-0.2, -0.15) is 0 Å². The van der Waals surface area contributed by atoms with Crippen molar-refractivity contribution in [2.75, 3.05) is 32.8 Å². The number of rotatable bonds is 7. The standard InChI is InChI=1S/C24H32N2O2/c1-4-16-28-17-15-25-13-14-26(20(3)19(25)2)24(27)23-12-8-11-22(18-23)21-9-6-5-7-10-21/h5-12,18-20H,4,13-17H2,1-3H3/t19-,20+/m0/s1. The number of hydrogen-bond donors (Lipinski definition) is 0. The molecule has 0 unspecified atom stereocenters.